The Balaban J connectivity index is 0.00000121. The maximum Gasteiger partial charge on any atom is 1.00 e. The van der Waals surface area contributed by atoms with Crippen molar-refractivity contribution in [2.24, 2.45) is 0 Å². The van der Waals surface area contributed by atoms with Crippen LogP contribution in [0.25, 0.3) is 0 Å². The molecule has 12 heavy (non-hydrogen) atoms. The van der Waals surface area contributed by atoms with Crippen molar-refractivity contribution < 1.29 is 29.6 Å². The van der Waals surface area contributed by atoms with Gasteiger partial charge in [0.15, 0.2) is 0 Å². The first-order chi connectivity index (χ1) is 5.27. The molecule has 0 atom stereocenters. The van der Waals surface area contributed by atoms with Crippen molar-refractivity contribution >= 4 is 12.6 Å². The summed E-state index contributed by atoms with van der Waals surface area (Å²) in [5, 5.41) is 0. The second-order valence-corrected chi connectivity index (χ2v) is 3.09. The number of benzene rings is 1. The number of hydrogen-bond donors (Lipinski definition) is 0. The molecule has 0 heterocycles. The van der Waals surface area contributed by atoms with Crippen LogP contribution in [-0.2, 0) is 25.5 Å². The van der Waals surface area contributed by atoms with E-state index in [-0.39, 0.29) is 29.6 Å². The molecule has 0 aliphatic rings. The Bertz CT molecular complexity index is 246. The van der Waals surface area contributed by atoms with Gasteiger partial charge in [-0.1, -0.05) is 37.6 Å². The van der Waals surface area contributed by atoms with E-state index in [9.17, 15) is 0 Å². The van der Waals surface area contributed by atoms with Crippen molar-refractivity contribution in [3.8, 4) is 0 Å². The molecule has 0 amide bonds. The van der Waals surface area contributed by atoms with Crippen LogP contribution in [0.15, 0.2) is 23.1 Å². The molecule has 0 saturated heterocycles. The largest absolute Gasteiger partial charge is 1.00 e. The maximum atomic E-state index is 5.16. The summed E-state index contributed by atoms with van der Waals surface area (Å²) >= 11 is 5.16. The van der Waals surface area contributed by atoms with Crippen molar-refractivity contribution in [3.05, 3.63) is 29.3 Å². The van der Waals surface area contributed by atoms with E-state index in [1.807, 2.05) is 6.07 Å². The van der Waals surface area contributed by atoms with Crippen LogP contribution >= 0.6 is 0 Å². The van der Waals surface area contributed by atoms with E-state index in [1.54, 1.807) is 0 Å². The molecule has 1 aromatic rings. The maximum absolute atomic E-state index is 5.16. The predicted molar refractivity (Wildman–Crippen MR) is 50.8 cm³/mol. The minimum atomic E-state index is 0. The first-order valence-electron chi connectivity index (χ1n) is 4.06. The Labute approximate surface area is 102 Å². The number of hydrogen-bond acceptors (Lipinski definition) is 1. The zero-order chi connectivity index (χ0) is 8.27. The van der Waals surface area contributed by atoms with Crippen LogP contribution in [0.1, 0.15) is 25.0 Å². The molecule has 1 aromatic carbocycles. The van der Waals surface area contributed by atoms with E-state index >= 15 is 0 Å². The number of rotatable bonds is 2. The molecule has 0 unspecified atom stereocenters. The minimum Gasteiger partial charge on any atom is -0.779 e. The van der Waals surface area contributed by atoms with Gasteiger partial charge in [0.25, 0.3) is 0 Å². The third-order valence-corrected chi connectivity index (χ3v) is 2.31. The molecule has 0 aliphatic carbocycles. The summed E-state index contributed by atoms with van der Waals surface area (Å²) in [6.07, 6.45) is 2.15. The molecule has 0 saturated carbocycles. The van der Waals surface area contributed by atoms with Crippen LogP contribution < -0.4 is 29.6 Å². The van der Waals surface area contributed by atoms with Crippen LogP contribution in [0.4, 0.5) is 0 Å². The second-order valence-electron chi connectivity index (χ2n) is 2.65. The molecular formula is C10H13NaS. The van der Waals surface area contributed by atoms with Crippen LogP contribution in [0, 0.1) is 0 Å². The van der Waals surface area contributed by atoms with E-state index in [1.165, 1.54) is 11.1 Å². The van der Waals surface area contributed by atoms with Crippen molar-refractivity contribution in [2.75, 3.05) is 0 Å². The van der Waals surface area contributed by atoms with Gasteiger partial charge >= 0.3 is 29.6 Å². The molecule has 0 nitrogen and oxygen atoms in total. The SMILES string of the molecule is CCc1ccc([S-])c(CC)c1.[Na+]. The molecule has 60 valence electrons. The normalized spacial score (nSPS) is 9.17. The Hall–Kier alpha value is 0.440. The van der Waals surface area contributed by atoms with Gasteiger partial charge in [0.05, 0.1) is 0 Å². The first-order valence-corrected chi connectivity index (χ1v) is 4.47. The molecular weight excluding hydrogens is 175 g/mol. The van der Waals surface area contributed by atoms with Crippen molar-refractivity contribution in [2.45, 2.75) is 31.6 Å². The van der Waals surface area contributed by atoms with Crippen LogP contribution in [0.2, 0.25) is 0 Å². The zero-order valence-corrected chi connectivity index (χ0v) is 10.9. The number of aryl methyl sites for hydroxylation is 2. The monoisotopic (exact) mass is 188 g/mol. The van der Waals surface area contributed by atoms with Gasteiger partial charge in [-0.05, 0) is 18.4 Å². The summed E-state index contributed by atoms with van der Waals surface area (Å²) < 4.78 is 0. The van der Waals surface area contributed by atoms with Crippen molar-refractivity contribution in [1.29, 1.82) is 0 Å². The van der Waals surface area contributed by atoms with Gasteiger partial charge in [-0.2, -0.15) is 4.90 Å². The van der Waals surface area contributed by atoms with E-state index in [0.717, 1.165) is 17.7 Å². The van der Waals surface area contributed by atoms with Gasteiger partial charge < -0.3 is 12.6 Å². The fourth-order valence-corrected chi connectivity index (χ4v) is 1.40. The Morgan fingerprint density at radius 3 is 2.33 bits per heavy atom. The molecule has 0 aliphatic heterocycles. The Morgan fingerprint density at radius 1 is 1.17 bits per heavy atom. The molecule has 0 bridgehead atoms. The summed E-state index contributed by atoms with van der Waals surface area (Å²) in [6.45, 7) is 4.31. The van der Waals surface area contributed by atoms with Gasteiger partial charge in [0.1, 0.15) is 0 Å². The quantitative estimate of drug-likeness (QED) is 0.454. The molecule has 0 fully saturated rings. The van der Waals surface area contributed by atoms with Crippen molar-refractivity contribution in [1.82, 2.24) is 0 Å². The standard InChI is InChI=1S/C10H14S.Na/c1-3-8-5-6-10(11)9(4-2)7-8;/h5-7,11H,3-4H2,1-2H3;/q;+1/p-1. The van der Waals surface area contributed by atoms with Gasteiger partial charge in [-0.15, -0.1) is 0 Å². The summed E-state index contributed by atoms with van der Waals surface area (Å²) in [7, 11) is 0. The van der Waals surface area contributed by atoms with E-state index in [4.69, 9.17) is 12.6 Å². The van der Waals surface area contributed by atoms with Crippen LogP contribution in [0.5, 0.6) is 0 Å². The van der Waals surface area contributed by atoms with E-state index < -0.39 is 0 Å². The zero-order valence-electron chi connectivity index (χ0n) is 8.05. The van der Waals surface area contributed by atoms with Crippen molar-refractivity contribution in [3.63, 3.8) is 0 Å². The topological polar surface area (TPSA) is 0 Å². The molecule has 0 N–H and O–H groups in total. The second kappa shape index (κ2) is 5.98. The Kier molecular flexibility index (Phi) is 6.20. The van der Waals surface area contributed by atoms with Gasteiger partial charge in [-0.3, -0.25) is 0 Å². The van der Waals surface area contributed by atoms with Gasteiger partial charge in [0, 0.05) is 0 Å². The molecule has 2 heteroatoms. The van der Waals surface area contributed by atoms with E-state index in [0.29, 0.717) is 0 Å². The molecule has 0 spiro atoms. The summed E-state index contributed by atoms with van der Waals surface area (Å²) in [5.74, 6) is 0. The summed E-state index contributed by atoms with van der Waals surface area (Å²) in [6, 6.07) is 6.36. The smallest absolute Gasteiger partial charge is 0.779 e. The average molecular weight is 188 g/mol. The van der Waals surface area contributed by atoms with Crippen LogP contribution in [0.3, 0.4) is 0 Å². The van der Waals surface area contributed by atoms with E-state index in [2.05, 4.69) is 26.0 Å². The molecule has 0 aromatic heterocycles. The third kappa shape index (κ3) is 3.06. The molecule has 0 radical (unpaired) electrons. The fraction of sp³-hybridized carbons (Fsp3) is 0.400. The third-order valence-electron chi connectivity index (χ3n) is 1.91. The summed E-state index contributed by atoms with van der Waals surface area (Å²) in [5.41, 5.74) is 2.69. The fourth-order valence-electron chi connectivity index (χ4n) is 1.13. The van der Waals surface area contributed by atoms with Crippen LogP contribution in [-0.4, -0.2) is 0 Å². The first kappa shape index (κ1) is 12.4. The minimum absolute atomic E-state index is 0. The Morgan fingerprint density at radius 2 is 1.83 bits per heavy atom. The average Bonchev–Trinajstić information content (AvgIpc) is 2.05. The summed E-state index contributed by atoms with van der Waals surface area (Å²) in [4.78, 5) is 1.00. The predicted octanol–water partition coefficient (Wildman–Crippen LogP) is -0.279. The molecule has 1 rings (SSSR count). The van der Waals surface area contributed by atoms with Gasteiger partial charge in [0.2, 0.25) is 0 Å². The van der Waals surface area contributed by atoms with Gasteiger partial charge in [-0.25, -0.2) is 0 Å².